The molecule has 6 N–H and O–H groups in total. The fraction of sp³-hybridized carbons (Fsp3) is 0.833. The maximum Gasteiger partial charge on any atom is 0.216 e. The van der Waals surface area contributed by atoms with Crippen molar-refractivity contribution in [3.05, 3.63) is 0 Å². The first-order valence-electron chi connectivity index (χ1n) is 3.46. The smallest absolute Gasteiger partial charge is 0.216 e. The van der Waals surface area contributed by atoms with Crippen LogP contribution in [0, 0.1) is 5.92 Å². The van der Waals surface area contributed by atoms with E-state index < -0.39 is 6.23 Å². The van der Waals surface area contributed by atoms with Crippen LogP contribution in [0.25, 0.3) is 0 Å². The average Bonchev–Trinajstić information content (AvgIpc) is 1.87. The molecule has 0 heterocycles. The number of aliphatic hydroxyl groups is 1. The van der Waals surface area contributed by atoms with E-state index in [1.165, 1.54) is 6.92 Å². The van der Waals surface area contributed by atoms with Crippen LogP contribution in [0.1, 0.15) is 6.92 Å². The Labute approximate surface area is 65.7 Å². The van der Waals surface area contributed by atoms with E-state index in [0.717, 1.165) is 0 Å². The molecule has 0 rings (SSSR count). The molecule has 0 fully saturated rings. The number of carbonyl (C=O) groups is 1. The van der Waals surface area contributed by atoms with Gasteiger partial charge in [0.1, 0.15) is 6.23 Å². The van der Waals surface area contributed by atoms with Crippen molar-refractivity contribution in [2.75, 3.05) is 13.1 Å². The summed E-state index contributed by atoms with van der Waals surface area (Å²) in [6, 6.07) is 0. The zero-order valence-corrected chi connectivity index (χ0v) is 6.58. The molecule has 0 aromatic carbocycles. The SMILES string of the molecule is CC(=O)NCC(CN)C(N)O. The minimum Gasteiger partial charge on any atom is -0.378 e. The van der Waals surface area contributed by atoms with Gasteiger partial charge in [0.25, 0.3) is 0 Å². The molecule has 5 nitrogen and oxygen atoms in total. The summed E-state index contributed by atoms with van der Waals surface area (Å²) in [5.74, 6) is -0.414. The molecule has 0 aliphatic heterocycles. The summed E-state index contributed by atoms with van der Waals surface area (Å²) in [5.41, 5.74) is 10.4. The largest absolute Gasteiger partial charge is 0.378 e. The Morgan fingerprint density at radius 2 is 2.27 bits per heavy atom. The summed E-state index contributed by atoms with van der Waals surface area (Å²) in [6.45, 7) is 1.98. The Morgan fingerprint density at radius 3 is 2.55 bits per heavy atom. The van der Waals surface area contributed by atoms with Crippen molar-refractivity contribution in [2.45, 2.75) is 13.2 Å². The molecule has 0 bridgehead atoms. The lowest BCUT2D eigenvalue weighted by atomic mass is 10.1. The van der Waals surface area contributed by atoms with Crippen LogP contribution in [0.4, 0.5) is 0 Å². The summed E-state index contributed by atoms with van der Waals surface area (Å²) < 4.78 is 0. The molecule has 0 aliphatic rings. The number of carbonyl (C=O) groups excluding carboxylic acids is 1. The van der Waals surface area contributed by atoms with Gasteiger partial charge in [-0.05, 0) is 0 Å². The van der Waals surface area contributed by atoms with Gasteiger partial charge in [-0.25, -0.2) is 0 Å². The van der Waals surface area contributed by atoms with Gasteiger partial charge in [-0.3, -0.25) is 4.79 Å². The van der Waals surface area contributed by atoms with Gasteiger partial charge in [0.05, 0.1) is 0 Å². The Kier molecular flexibility index (Phi) is 4.76. The molecular formula is C6H15N3O2. The summed E-state index contributed by atoms with van der Waals surface area (Å²) in [7, 11) is 0. The lowest BCUT2D eigenvalue weighted by Crippen LogP contribution is -2.42. The first-order valence-corrected chi connectivity index (χ1v) is 3.46. The number of nitrogens with two attached hydrogens (primary N) is 2. The second kappa shape index (κ2) is 5.06. The fourth-order valence-corrected chi connectivity index (χ4v) is 0.618. The lowest BCUT2D eigenvalue weighted by Gasteiger charge is -2.17. The molecule has 0 saturated carbocycles. The zero-order valence-electron chi connectivity index (χ0n) is 6.58. The van der Waals surface area contributed by atoms with E-state index in [9.17, 15) is 4.79 Å². The van der Waals surface area contributed by atoms with Crippen LogP contribution in [0.5, 0.6) is 0 Å². The van der Waals surface area contributed by atoms with Crippen molar-refractivity contribution in [3.8, 4) is 0 Å². The Morgan fingerprint density at radius 1 is 1.73 bits per heavy atom. The Balaban J connectivity index is 3.61. The van der Waals surface area contributed by atoms with E-state index in [2.05, 4.69) is 5.32 Å². The van der Waals surface area contributed by atoms with E-state index in [1.54, 1.807) is 0 Å². The molecule has 2 unspecified atom stereocenters. The monoisotopic (exact) mass is 161 g/mol. The number of hydrogen-bond acceptors (Lipinski definition) is 4. The van der Waals surface area contributed by atoms with Crippen LogP contribution in [-0.2, 0) is 4.79 Å². The average molecular weight is 161 g/mol. The molecule has 0 aromatic rings. The molecule has 5 heteroatoms. The predicted molar refractivity (Wildman–Crippen MR) is 41.4 cm³/mol. The Bertz CT molecular complexity index is 127. The minimum atomic E-state index is -0.966. The Hall–Kier alpha value is -0.650. The number of hydrogen-bond donors (Lipinski definition) is 4. The van der Waals surface area contributed by atoms with Crippen LogP contribution in [0.15, 0.2) is 0 Å². The standard InChI is InChI=1S/C6H15N3O2/c1-4(10)9-3-5(2-7)6(8)11/h5-6,11H,2-3,7-8H2,1H3,(H,9,10). The van der Waals surface area contributed by atoms with E-state index in [-0.39, 0.29) is 18.4 Å². The van der Waals surface area contributed by atoms with E-state index in [1.807, 2.05) is 0 Å². The van der Waals surface area contributed by atoms with Gasteiger partial charge < -0.3 is 21.9 Å². The highest BCUT2D eigenvalue weighted by Crippen LogP contribution is 1.93. The number of rotatable bonds is 4. The predicted octanol–water partition coefficient (Wildman–Crippen LogP) is -2.03. The van der Waals surface area contributed by atoms with Crippen LogP contribution in [0.3, 0.4) is 0 Å². The maximum atomic E-state index is 10.4. The van der Waals surface area contributed by atoms with Gasteiger partial charge in [0, 0.05) is 25.9 Å². The number of aliphatic hydroxyl groups excluding tert-OH is 1. The van der Waals surface area contributed by atoms with Gasteiger partial charge in [-0.1, -0.05) is 0 Å². The molecule has 0 spiro atoms. The molecule has 1 amide bonds. The minimum absolute atomic E-state index is 0.149. The third-order valence-electron chi connectivity index (χ3n) is 1.40. The third-order valence-corrected chi connectivity index (χ3v) is 1.40. The van der Waals surface area contributed by atoms with Crippen LogP contribution >= 0.6 is 0 Å². The van der Waals surface area contributed by atoms with E-state index in [0.29, 0.717) is 6.54 Å². The molecule has 0 radical (unpaired) electrons. The molecule has 0 aliphatic carbocycles. The summed E-state index contributed by atoms with van der Waals surface area (Å²) in [5, 5.41) is 11.4. The van der Waals surface area contributed by atoms with Gasteiger partial charge in [-0.15, -0.1) is 0 Å². The van der Waals surface area contributed by atoms with E-state index in [4.69, 9.17) is 16.6 Å². The molecule has 0 saturated heterocycles. The maximum absolute atomic E-state index is 10.4. The van der Waals surface area contributed by atoms with Gasteiger partial charge in [0.2, 0.25) is 5.91 Å². The van der Waals surface area contributed by atoms with Crippen molar-refractivity contribution < 1.29 is 9.90 Å². The second-order valence-electron chi connectivity index (χ2n) is 2.42. The molecule has 11 heavy (non-hydrogen) atoms. The number of amides is 1. The van der Waals surface area contributed by atoms with Gasteiger partial charge in [0.15, 0.2) is 0 Å². The molecule has 2 atom stereocenters. The highest BCUT2D eigenvalue weighted by atomic mass is 16.3. The summed E-state index contributed by atoms with van der Waals surface area (Å²) in [4.78, 5) is 10.4. The van der Waals surface area contributed by atoms with Crippen LogP contribution in [0.2, 0.25) is 0 Å². The van der Waals surface area contributed by atoms with Gasteiger partial charge >= 0.3 is 0 Å². The van der Waals surface area contributed by atoms with Gasteiger partial charge in [-0.2, -0.15) is 0 Å². The van der Waals surface area contributed by atoms with E-state index >= 15 is 0 Å². The van der Waals surface area contributed by atoms with Crippen LogP contribution in [-0.4, -0.2) is 30.3 Å². The molecule has 66 valence electrons. The summed E-state index contributed by atoms with van der Waals surface area (Å²) in [6.07, 6.45) is -0.966. The van der Waals surface area contributed by atoms with Crippen molar-refractivity contribution in [3.63, 3.8) is 0 Å². The normalized spacial score (nSPS) is 15.6. The van der Waals surface area contributed by atoms with Crippen LogP contribution < -0.4 is 16.8 Å². The molecular weight excluding hydrogens is 146 g/mol. The number of nitrogens with one attached hydrogen (secondary N) is 1. The van der Waals surface area contributed by atoms with Crippen molar-refractivity contribution >= 4 is 5.91 Å². The van der Waals surface area contributed by atoms with Crippen molar-refractivity contribution in [1.29, 1.82) is 0 Å². The second-order valence-corrected chi connectivity index (χ2v) is 2.42. The quantitative estimate of drug-likeness (QED) is 0.357. The lowest BCUT2D eigenvalue weighted by molar-refractivity contribution is -0.119. The first-order chi connectivity index (χ1) is 5.07. The van der Waals surface area contributed by atoms with Crippen molar-refractivity contribution in [1.82, 2.24) is 5.32 Å². The topological polar surface area (TPSA) is 101 Å². The third kappa shape index (κ3) is 4.72. The fourth-order valence-electron chi connectivity index (χ4n) is 0.618. The van der Waals surface area contributed by atoms with Crippen molar-refractivity contribution in [2.24, 2.45) is 17.4 Å². The molecule has 0 aromatic heterocycles. The summed E-state index contributed by atoms with van der Waals surface area (Å²) >= 11 is 0. The highest BCUT2D eigenvalue weighted by Gasteiger charge is 2.12. The first kappa shape index (κ1) is 10.3. The zero-order chi connectivity index (χ0) is 8.85. The highest BCUT2D eigenvalue weighted by molar-refractivity contribution is 5.72.